The maximum atomic E-state index is 13.9. The number of ether oxygens (including phenoxy) is 3. The molecule has 5 aliphatic heterocycles. The lowest BCUT2D eigenvalue weighted by molar-refractivity contribution is -0.229. The number of benzene rings is 3. The van der Waals surface area contributed by atoms with Crippen LogP contribution in [0.15, 0.2) is 83.9 Å². The lowest BCUT2D eigenvalue weighted by Crippen LogP contribution is -2.83. The van der Waals surface area contributed by atoms with Gasteiger partial charge in [-0.05, 0) is 112 Å². The number of rotatable bonds is 41. The number of ketones is 3. The molecular formula is C84H106N14O21S2. The van der Waals surface area contributed by atoms with Gasteiger partial charge in [-0.1, -0.05) is 84.0 Å². The molecule has 8 heterocycles. The number of esters is 1. The number of fused-ring (bicyclic) bond motifs is 7. The summed E-state index contributed by atoms with van der Waals surface area (Å²) in [5.41, 5.74) is 4.29. The van der Waals surface area contributed by atoms with Crippen LogP contribution in [-0.2, 0) is 76.3 Å². The van der Waals surface area contributed by atoms with Crippen molar-refractivity contribution in [3.05, 3.63) is 135 Å². The number of H-pyrrole nitrogens is 2. The standard InChI is InChI=1S/C84H106N14O21S2/c1-6-80(115)40-52-21-24-82(48-118-49-99,71-57(22-29-97(42-52)47-80)56-13-8-9-14-60(56)91-71)59-38-58-62(39-65(59)117-5)94(4)78-83(58)25-30-98-28-11-23-81(7-2,77(83)98)79(114)84(78,116)93-92-74(110)76(113)119-33-35-121-120-34-27-86-67(104)44-96(46-69(107)108)32-31-95(45-68(105)106)43-55(100)12-10-26-85-66(103)20-19-54(75(111)112)37-63(101)53-17-15-51(16-18-53)36-64(102)61-41-87-72-70(90-61)73(109)89-50(3)88-72/h8-9,11,13-18,28,38-39,41,49,52,54,77-79,91,93,114-116H,6-7,10,12,19-27,29-37,40,42-48H2,1-5H3,(H,85,103)(H,86,104)(H,92,110)(H,105,106)(H,107,108)(H,111,112)(H,87,88,89,109)/t52-,54-,77-,78+,79+,80-,81+,82-,83+,84-/m0/s1. The summed E-state index contributed by atoms with van der Waals surface area (Å²) in [6.45, 7) is 6.38. The Morgan fingerprint density at radius 3 is 2.28 bits per heavy atom. The summed E-state index contributed by atoms with van der Waals surface area (Å²) in [7, 11) is 6.02. The van der Waals surface area contributed by atoms with Crippen molar-refractivity contribution in [2.75, 3.05) is 122 Å². The Morgan fingerprint density at radius 2 is 1.56 bits per heavy atom. The van der Waals surface area contributed by atoms with Crippen molar-refractivity contribution in [2.24, 2.45) is 17.3 Å². The molecule has 650 valence electrons. The number of para-hydroxylation sites is 1. The third-order valence-electron chi connectivity index (χ3n) is 25.0. The van der Waals surface area contributed by atoms with E-state index in [4.69, 9.17) is 14.2 Å². The van der Waals surface area contributed by atoms with E-state index in [2.05, 4.69) is 74.5 Å². The molecule has 2 bridgehead atoms. The Labute approximate surface area is 705 Å². The molecule has 0 radical (unpaired) electrons. The molecular weight excluding hydrogens is 1610 g/mol. The van der Waals surface area contributed by atoms with Gasteiger partial charge in [0.1, 0.15) is 42.4 Å². The third-order valence-corrected chi connectivity index (χ3v) is 27.3. The zero-order valence-electron chi connectivity index (χ0n) is 68.4. The highest BCUT2D eigenvalue weighted by molar-refractivity contribution is 8.76. The van der Waals surface area contributed by atoms with Crippen LogP contribution in [0.3, 0.4) is 0 Å². The van der Waals surface area contributed by atoms with Gasteiger partial charge in [0.05, 0.1) is 62.5 Å². The van der Waals surface area contributed by atoms with Crippen LogP contribution in [-0.4, -0.2) is 288 Å². The predicted molar refractivity (Wildman–Crippen MR) is 445 cm³/mol. The van der Waals surface area contributed by atoms with E-state index in [1.807, 2.05) is 56.1 Å². The summed E-state index contributed by atoms with van der Waals surface area (Å²) in [6, 6.07) is 16.8. The van der Waals surface area contributed by atoms with E-state index in [1.54, 1.807) is 14.0 Å². The molecule has 6 aliphatic rings. The maximum Gasteiger partial charge on any atom is 0.398 e. The number of carbonyl (C=O) groups is 11. The molecule has 3 aromatic heterocycles. The number of aromatic nitrogens is 5. The zero-order chi connectivity index (χ0) is 86.7. The first-order valence-corrected chi connectivity index (χ1v) is 43.3. The number of likely N-dealkylation sites (N-methyl/N-ethyl adjacent to an activating group) is 1. The van der Waals surface area contributed by atoms with Crippen molar-refractivity contribution >= 4 is 115 Å². The van der Waals surface area contributed by atoms with Crippen molar-refractivity contribution in [1.29, 1.82) is 0 Å². The Morgan fingerprint density at radius 1 is 0.826 bits per heavy atom. The number of allylic oxidation sites excluding steroid dienone is 1. The van der Waals surface area contributed by atoms with E-state index < -0.39 is 130 Å². The number of aliphatic carboxylic acids is 3. The molecule has 37 heteroatoms. The normalized spacial score (nSPS) is 24.1. The number of hydrazine groups is 1. The van der Waals surface area contributed by atoms with Crippen LogP contribution in [0, 0.1) is 24.2 Å². The molecule has 1 spiro atoms. The Hall–Kier alpha value is -10.3. The number of aliphatic hydroxyl groups excluding tert-OH is 1. The monoisotopic (exact) mass is 1710 g/mol. The first-order valence-electron chi connectivity index (χ1n) is 40.8. The third kappa shape index (κ3) is 19.6. The fourth-order valence-corrected chi connectivity index (χ4v) is 21.1. The number of methoxy groups -OCH3 is 1. The minimum absolute atomic E-state index is 0.0108. The number of aromatic amines is 2. The number of nitrogens with one attached hydrogen (secondary N) is 6. The van der Waals surface area contributed by atoms with Crippen molar-refractivity contribution < 1.29 is 97.6 Å². The molecule has 121 heavy (non-hydrogen) atoms. The van der Waals surface area contributed by atoms with Gasteiger partial charge in [-0.25, -0.2) is 19.7 Å². The number of amides is 3. The number of hydrogen-bond donors (Lipinski definition) is 12. The molecule has 12 rings (SSSR count). The van der Waals surface area contributed by atoms with Gasteiger partial charge >= 0.3 is 29.8 Å². The number of aryl methyl sites for hydroxylation is 1. The highest BCUT2D eigenvalue weighted by atomic mass is 33.1. The van der Waals surface area contributed by atoms with Crippen molar-refractivity contribution in [2.45, 2.75) is 151 Å². The Kier molecular flexibility index (Phi) is 28.9. The molecule has 11 atom stereocenters. The number of anilines is 1. The number of carboxylic acid groups (broad SMARTS) is 3. The number of piperidine rings is 1. The van der Waals surface area contributed by atoms with Gasteiger partial charge in [0.15, 0.2) is 28.5 Å². The van der Waals surface area contributed by atoms with Gasteiger partial charge in [0, 0.05) is 153 Å². The average molecular weight is 1710 g/mol. The van der Waals surface area contributed by atoms with Crippen LogP contribution in [0.5, 0.6) is 5.75 Å². The summed E-state index contributed by atoms with van der Waals surface area (Å²) in [4.78, 5) is 181. The molecule has 35 nitrogen and oxygen atoms in total. The van der Waals surface area contributed by atoms with Gasteiger partial charge in [-0.3, -0.25) is 72.9 Å². The second-order valence-corrected chi connectivity index (χ2v) is 35.3. The van der Waals surface area contributed by atoms with Gasteiger partial charge < -0.3 is 75.3 Å². The first-order chi connectivity index (χ1) is 57.9. The van der Waals surface area contributed by atoms with Crippen LogP contribution in [0.2, 0.25) is 0 Å². The van der Waals surface area contributed by atoms with E-state index in [-0.39, 0.29) is 125 Å². The van der Waals surface area contributed by atoms with Crippen molar-refractivity contribution in [3.63, 3.8) is 0 Å². The fourth-order valence-electron chi connectivity index (χ4n) is 19.4. The minimum Gasteiger partial charge on any atom is -0.496 e. The van der Waals surface area contributed by atoms with E-state index in [0.29, 0.717) is 106 Å². The van der Waals surface area contributed by atoms with E-state index in [9.17, 15) is 88.2 Å². The van der Waals surface area contributed by atoms with Gasteiger partial charge in [-0.15, -0.1) is 0 Å². The summed E-state index contributed by atoms with van der Waals surface area (Å²) < 4.78 is 17.9. The Bertz CT molecular complexity index is 4990. The highest BCUT2D eigenvalue weighted by Gasteiger charge is 2.77. The number of hydrogen-bond acceptors (Lipinski definition) is 29. The predicted octanol–water partition coefficient (Wildman–Crippen LogP) is 3.36. The molecule has 1 saturated carbocycles. The van der Waals surface area contributed by atoms with Crippen molar-refractivity contribution in [1.82, 2.24) is 66.0 Å². The van der Waals surface area contributed by atoms with Crippen molar-refractivity contribution in [3.8, 4) is 5.75 Å². The van der Waals surface area contributed by atoms with Crippen LogP contribution in [0.25, 0.3) is 22.1 Å². The highest BCUT2D eigenvalue weighted by Crippen LogP contribution is 2.68. The second-order valence-electron chi connectivity index (χ2n) is 32.6. The van der Waals surface area contributed by atoms with E-state index >= 15 is 0 Å². The van der Waals surface area contributed by atoms with E-state index in [1.165, 1.54) is 61.8 Å². The number of Topliss-reactive ketones (excluding diaryl/α,β-unsaturated/α-hetero) is 3. The molecule has 2 saturated heterocycles. The van der Waals surface area contributed by atoms with Crippen LogP contribution in [0.4, 0.5) is 5.69 Å². The molecule has 6 aromatic rings. The topological polar surface area (TPSA) is 488 Å². The van der Waals surface area contributed by atoms with Crippen LogP contribution < -0.4 is 36.7 Å². The summed E-state index contributed by atoms with van der Waals surface area (Å²) in [5, 5.41) is 74.4. The number of nitrogens with zero attached hydrogens (tertiary/aromatic N) is 8. The Balaban J connectivity index is 0.588. The number of carboxylic acids is 3. The quantitative estimate of drug-likeness (QED) is 0.00383. The molecule has 3 fully saturated rings. The molecule has 3 amide bonds. The largest absolute Gasteiger partial charge is 0.496 e. The number of aliphatic hydroxyl groups is 3. The molecule has 12 N–H and O–H groups in total. The first kappa shape index (κ1) is 90.0. The summed E-state index contributed by atoms with van der Waals surface area (Å²) in [6.07, 6.45) is 7.06. The SMILES string of the molecule is CC[C@]1(O)C[C@@H]2CC[C@](COC=O)(c3cc4c(cc3OC)N(C)[C@H]3[C@@](O)(NNC(=O)C(=O)OCCSSCCNC(=O)CN(CCN(CC(=O)O)CC(=O)CCCNC(=O)CC[C@@H](CC(=O)c5ccc(CC(=O)c6cnc7nc(C)[nH]c(=O)c7n6)cc5)C(=O)O)CC(=O)O)[C@H](O)[C@]5(CC)CC=CN6CC[C@]43[C@@H]65)c3[nH]c4ccccc4c3CCN(C2)C1. The average Bonchev–Trinajstić information content (AvgIpc) is 1.49. The second kappa shape index (κ2) is 38.9. The molecule has 1 unspecified atom stereocenters. The fraction of sp³-hybridized carbons (Fsp3) is 0.536. The lowest BCUT2D eigenvalue weighted by atomic mass is 9.49. The summed E-state index contributed by atoms with van der Waals surface area (Å²) >= 11 is 0. The van der Waals surface area contributed by atoms with Crippen LogP contribution in [0.1, 0.15) is 146 Å². The smallest absolute Gasteiger partial charge is 0.398 e. The summed E-state index contributed by atoms with van der Waals surface area (Å²) in [5.74, 6) is -8.49. The maximum absolute atomic E-state index is 13.9. The molecule has 1 aliphatic carbocycles. The lowest BCUT2D eigenvalue weighted by Gasteiger charge is -2.64. The number of carbonyl (C=O) groups excluding carboxylic acids is 8. The van der Waals surface area contributed by atoms with E-state index in [0.717, 1.165) is 39.8 Å². The van der Waals surface area contributed by atoms with Gasteiger partial charge in [0.25, 0.3) is 12.0 Å². The zero-order valence-corrected chi connectivity index (χ0v) is 70.0. The van der Waals surface area contributed by atoms with Gasteiger partial charge in [-0.2, -0.15) is 5.43 Å². The molecule has 3 aromatic carbocycles. The van der Waals surface area contributed by atoms with Gasteiger partial charge in [0.2, 0.25) is 11.8 Å². The minimum atomic E-state index is -2.34. The van der Waals surface area contributed by atoms with Crippen LogP contribution >= 0.6 is 21.6 Å².